The van der Waals surface area contributed by atoms with Crippen LogP contribution in [0.1, 0.15) is 60.7 Å². The molecule has 3 aliphatic rings. The van der Waals surface area contributed by atoms with Crippen molar-refractivity contribution in [2.45, 2.75) is 63.8 Å². The Morgan fingerprint density at radius 3 is 2.65 bits per heavy atom. The maximum atomic E-state index is 12.3. The second kappa shape index (κ2) is 6.80. The summed E-state index contributed by atoms with van der Waals surface area (Å²) >= 11 is 1.91. The molecule has 6 heteroatoms. The normalized spacial score (nSPS) is 21.0. The van der Waals surface area contributed by atoms with Gasteiger partial charge in [0.2, 0.25) is 0 Å². The molecule has 1 saturated heterocycles. The first-order chi connectivity index (χ1) is 12.8. The summed E-state index contributed by atoms with van der Waals surface area (Å²) in [6.45, 7) is 2.91. The number of thiazole rings is 1. The first-order valence-corrected chi connectivity index (χ1v) is 10.9. The molecule has 1 saturated carbocycles. The summed E-state index contributed by atoms with van der Waals surface area (Å²) in [6.07, 6.45) is 11.4. The van der Waals surface area contributed by atoms with E-state index in [-0.39, 0.29) is 5.56 Å². The van der Waals surface area contributed by atoms with Gasteiger partial charge in [0.1, 0.15) is 0 Å². The van der Waals surface area contributed by atoms with Gasteiger partial charge in [-0.1, -0.05) is 0 Å². The van der Waals surface area contributed by atoms with Crippen LogP contribution >= 0.6 is 11.3 Å². The molecule has 26 heavy (non-hydrogen) atoms. The van der Waals surface area contributed by atoms with Crippen molar-refractivity contribution >= 4 is 16.5 Å². The van der Waals surface area contributed by atoms with Crippen LogP contribution in [0, 0.1) is 5.92 Å². The highest BCUT2D eigenvalue weighted by molar-refractivity contribution is 7.15. The molecule has 0 amide bonds. The van der Waals surface area contributed by atoms with E-state index in [0.29, 0.717) is 11.8 Å². The third-order valence-electron chi connectivity index (χ3n) is 6.07. The number of aryl methyl sites for hydroxylation is 2. The summed E-state index contributed by atoms with van der Waals surface area (Å²) in [6, 6.07) is 1.76. The van der Waals surface area contributed by atoms with E-state index in [1.54, 1.807) is 12.4 Å². The number of piperidine rings is 1. The van der Waals surface area contributed by atoms with Crippen LogP contribution in [0.5, 0.6) is 0 Å². The molecule has 3 heterocycles. The minimum Gasteiger partial charge on any atom is -0.348 e. The van der Waals surface area contributed by atoms with Crippen molar-refractivity contribution in [3.05, 3.63) is 39.0 Å². The zero-order valence-corrected chi connectivity index (χ0v) is 16.0. The quantitative estimate of drug-likeness (QED) is 0.828. The average molecular weight is 371 g/mol. The third-order valence-corrected chi connectivity index (χ3v) is 7.29. The Balaban J connectivity index is 1.20. The van der Waals surface area contributed by atoms with E-state index in [1.807, 2.05) is 15.9 Å². The Morgan fingerprint density at radius 2 is 1.92 bits per heavy atom. The monoisotopic (exact) mass is 370 g/mol. The molecule has 2 aromatic rings. The molecule has 0 N–H and O–H groups in total. The molecule has 0 aromatic carbocycles. The number of rotatable bonds is 4. The number of hydrogen-bond acceptors (Lipinski definition) is 5. The second-order valence-electron chi connectivity index (χ2n) is 8.08. The predicted molar refractivity (Wildman–Crippen MR) is 104 cm³/mol. The smallest absolute Gasteiger partial charge is 0.253 e. The van der Waals surface area contributed by atoms with Gasteiger partial charge in [-0.05, 0) is 57.3 Å². The van der Waals surface area contributed by atoms with E-state index in [1.165, 1.54) is 47.8 Å². The van der Waals surface area contributed by atoms with Crippen molar-refractivity contribution in [2.75, 3.05) is 18.0 Å². The van der Waals surface area contributed by atoms with Gasteiger partial charge in [-0.25, -0.2) is 9.97 Å². The lowest BCUT2D eigenvalue weighted by molar-refractivity contribution is 0.350. The fourth-order valence-electron chi connectivity index (χ4n) is 4.24. The van der Waals surface area contributed by atoms with Crippen molar-refractivity contribution < 1.29 is 0 Å². The number of aromatic nitrogens is 3. The fraction of sp³-hybridized carbons (Fsp3) is 0.650. The summed E-state index contributed by atoms with van der Waals surface area (Å²) < 4.78 is 1.81. The Hall–Kier alpha value is -1.69. The van der Waals surface area contributed by atoms with E-state index < -0.39 is 0 Å². The summed E-state index contributed by atoms with van der Waals surface area (Å²) in [4.78, 5) is 25.7. The van der Waals surface area contributed by atoms with Gasteiger partial charge in [0.25, 0.3) is 5.56 Å². The molecule has 0 spiro atoms. The van der Waals surface area contributed by atoms with Gasteiger partial charge >= 0.3 is 0 Å². The van der Waals surface area contributed by atoms with Crippen molar-refractivity contribution in [1.82, 2.24) is 14.5 Å². The van der Waals surface area contributed by atoms with Crippen molar-refractivity contribution in [2.24, 2.45) is 5.92 Å². The number of hydrogen-bond donors (Lipinski definition) is 0. The molecule has 2 fully saturated rings. The molecule has 5 rings (SSSR count). The van der Waals surface area contributed by atoms with Gasteiger partial charge in [0, 0.05) is 36.5 Å². The van der Waals surface area contributed by atoms with Crippen LogP contribution < -0.4 is 10.5 Å². The molecule has 0 atom stereocenters. The van der Waals surface area contributed by atoms with E-state index in [4.69, 9.17) is 4.98 Å². The average Bonchev–Trinajstić information content (AvgIpc) is 3.42. The van der Waals surface area contributed by atoms with E-state index >= 15 is 0 Å². The summed E-state index contributed by atoms with van der Waals surface area (Å²) in [7, 11) is 0. The molecule has 2 aliphatic carbocycles. The fourth-order valence-corrected chi connectivity index (χ4v) is 5.44. The number of fused-ring (bicyclic) bond motifs is 1. The van der Waals surface area contributed by atoms with Crippen LogP contribution in [-0.4, -0.2) is 27.6 Å². The van der Waals surface area contributed by atoms with Gasteiger partial charge in [-0.15, -0.1) is 11.3 Å². The van der Waals surface area contributed by atoms with Crippen molar-refractivity contribution in [1.29, 1.82) is 0 Å². The maximum absolute atomic E-state index is 12.3. The minimum atomic E-state index is 0.122. The lowest BCUT2D eigenvalue weighted by atomic mass is 9.97. The first kappa shape index (κ1) is 16.5. The van der Waals surface area contributed by atoms with Crippen LogP contribution in [0.2, 0.25) is 0 Å². The Morgan fingerprint density at radius 1 is 1.12 bits per heavy atom. The standard InChI is InChI=1S/C20H26N4OS/c25-19-11-17(15-5-6-15)21-13-24(19)12-14-7-9-23(10-8-14)20-22-16-3-1-2-4-18(16)26-20/h11,13-15H,1-10,12H2. The second-order valence-corrected chi connectivity index (χ2v) is 9.14. The first-order valence-electron chi connectivity index (χ1n) is 10.1. The molecule has 2 aromatic heterocycles. The molecule has 138 valence electrons. The topological polar surface area (TPSA) is 51.0 Å². The van der Waals surface area contributed by atoms with Crippen molar-refractivity contribution in [3.63, 3.8) is 0 Å². The minimum absolute atomic E-state index is 0.122. The van der Waals surface area contributed by atoms with E-state index in [9.17, 15) is 4.79 Å². The largest absolute Gasteiger partial charge is 0.348 e. The maximum Gasteiger partial charge on any atom is 0.253 e. The zero-order chi connectivity index (χ0) is 17.5. The SMILES string of the molecule is O=c1cc(C2CC2)ncn1CC1CCN(c2nc3c(s2)CCCC3)CC1. The Labute approximate surface area is 158 Å². The molecular formula is C20H26N4OS. The van der Waals surface area contributed by atoms with Crippen LogP contribution in [0.4, 0.5) is 5.13 Å². The highest BCUT2D eigenvalue weighted by Crippen LogP contribution is 2.38. The lowest BCUT2D eigenvalue weighted by Crippen LogP contribution is -2.36. The molecule has 0 radical (unpaired) electrons. The van der Waals surface area contributed by atoms with Crippen LogP contribution in [0.3, 0.4) is 0 Å². The summed E-state index contributed by atoms with van der Waals surface area (Å²) in [5, 5.41) is 1.22. The summed E-state index contributed by atoms with van der Waals surface area (Å²) in [5.74, 6) is 1.11. The van der Waals surface area contributed by atoms with Crippen LogP contribution in [0.15, 0.2) is 17.2 Å². The molecule has 0 bridgehead atoms. The summed E-state index contributed by atoms with van der Waals surface area (Å²) in [5.41, 5.74) is 2.47. The lowest BCUT2D eigenvalue weighted by Gasteiger charge is -2.32. The number of anilines is 1. The van der Waals surface area contributed by atoms with Crippen LogP contribution in [0.25, 0.3) is 0 Å². The van der Waals surface area contributed by atoms with Gasteiger partial charge in [0.15, 0.2) is 5.13 Å². The highest BCUT2D eigenvalue weighted by Gasteiger charge is 2.26. The molecule has 0 unspecified atom stereocenters. The predicted octanol–water partition coefficient (Wildman–Crippen LogP) is 3.37. The van der Waals surface area contributed by atoms with Gasteiger partial charge in [-0.2, -0.15) is 0 Å². The van der Waals surface area contributed by atoms with Gasteiger partial charge in [-0.3, -0.25) is 9.36 Å². The van der Waals surface area contributed by atoms with Gasteiger partial charge in [0.05, 0.1) is 17.7 Å². The molecular weight excluding hydrogens is 344 g/mol. The number of nitrogens with zero attached hydrogens (tertiary/aromatic N) is 4. The van der Waals surface area contributed by atoms with E-state index in [2.05, 4.69) is 9.88 Å². The highest BCUT2D eigenvalue weighted by atomic mass is 32.1. The molecule has 5 nitrogen and oxygen atoms in total. The third kappa shape index (κ3) is 3.31. The van der Waals surface area contributed by atoms with Crippen molar-refractivity contribution in [3.8, 4) is 0 Å². The van der Waals surface area contributed by atoms with Gasteiger partial charge < -0.3 is 4.90 Å². The molecule has 1 aliphatic heterocycles. The Bertz CT molecular complexity index is 822. The zero-order valence-electron chi connectivity index (χ0n) is 15.2. The van der Waals surface area contributed by atoms with E-state index in [0.717, 1.165) is 44.6 Å². The Kier molecular flexibility index (Phi) is 4.31. The van der Waals surface area contributed by atoms with Crippen LogP contribution in [-0.2, 0) is 19.4 Å².